The van der Waals surface area contributed by atoms with Gasteiger partial charge in [0.1, 0.15) is 5.82 Å². The van der Waals surface area contributed by atoms with Gasteiger partial charge in [0.25, 0.3) is 0 Å². The minimum Gasteiger partial charge on any atom is -0.257 e. The van der Waals surface area contributed by atoms with Crippen LogP contribution in [0.25, 0.3) is 0 Å². The van der Waals surface area contributed by atoms with E-state index < -0.39 is 10.0 Å². The van der Waals surface area contributed by atoms with E-state index in [0.717, 1.165) is 11.3 Å². The van der Waals surface area contributed by atoms with Crippen LogP contribution in [0.5, 0.6) is 0 Å². The number of hydrogen-bond donors (Lipinski definition) is 0. The predicted octanol–water partition coefficient (Wildman–Crippen LogP) is 1.42. The Morgan fingerprint density at radius 2 is 1.76 bits per heavy atom. The summed E-state index contributed by atoms with van der Waals surface area (Å²) in [6, 6.07) is 0. The molecule has 0 spiro atoms. The van der Waals surface area contributed by atoms with Gasteiger partial charge in [-0.1, -0.05) is 20.8 Å². The van der Waals surface area contributed by atoms with Crippen molar-refractivity contribution in [1.82, 2.24) is 9.78 Å². The number of aromatic nitrogens is 2. The Morgan fingerprint density at radius 3 is 2.06 bits per heavy atom. The fourth-order valence-electron chi connectivity index (χ4n) is 1.93. The molecular weight excluding hydrogens is 238 g/mol. The second-order valence-corrected chi connectivity index (χ2v) is 7.42. The van der Waals surface area contributed by atoms with Crippen molar-refractivity contribution in [3.05, 3.63) is 11.3 Å². The Balaban J connectivity index is 3.44. The van der Waals surface area contributed by atoms with Gasteiger partial charge < -0.3 is 0 Å². The third kappa shape index (κ3) is 2.62. The highest BCUT2D eigenvalue weighted by Crippen LogP contribution is 2.31. The minimum atomic E-state index is -3.26. The van der Waals surface area contributed by atoms with Gasteiger partial charge in [-0.15, -0.1) is 0 Å². The Hall–Kier alpha value is -1.04. The molecule has 0 aliphatic carbocycles. The first-order valence-electron chi connectivity index (χ1n) is 5.44. The average molecular weight is 259 g/mol. The standard InChI is InChI=1S/C11H21N3O2S/c1-8-9(11(2,3)4)12-13(5)10(8)14(6)17(7,15)16/h1-7H3. The maximum absolute atomic E-state index is 11.6. The van der Waals surface area contributed by atoms with Crippen LogP contribution in [0.3, 0.4) is 0 Å². The van der Waals surface area contributed by atoms with Gasteiger partial charge >= 0.3 is 0 Å². The van der Waals surface area contributed by atoms with Crippen molar-refractivity contribution in [2.75, 3.05) is 17.6 Å². The SMILES string of the molecule is Cc1c(C(C)(C)C)nn(C)c1N(C)S(C)(=O)=O. The van der Waals surface area contributed by atoms with Gasteiger partial charge in [-0.3, -0.25) is 8.99 Å². The van der Waals surface area contributed by atoms with Crippen LogP contribution in [0.2, 0.25) is 0 Å². The second-order valence-electron chi connectivity index (χ2n) is 5.40. The number of rotatable bonds is 2. The quantitative estimate of drug-likeness (QED) is 0.807. The molecule has 0 saturated carbocycles. The molecule has 1 aromatic rings. The van der Waals surface area contributed by atoms with Crippen LogP contribution >= 0.6 is 0 Å². The summed E-state index contributed by atoms with van der Waals surface area (Å²) in [5.41, 5.74) is 1.73. The molecule has 0 aliphatic rings. The molecule has 17 heavy (non-hydrogen) atoms. The highest BCUT2D eigenvalue weighted by molar-refractivity contribution is 7.92. The monoisotopic (exact) mass is 259 g/mol. The topological polar surface area (TPSA) is 55.2 Å². The zero-order valence-electron chi connectivity index (χ0n) is 11.6. The second kappa shape index (κ2) is 4.01. The van der Waals surface area contributed by atoms with E-state index in [4.69, 9.17) is 0 Å². The first-order chi connectivity index (χ1) is 7.46. The molecule has 0 radical (unpaired) electrons. The van der Waals surface area contributed by atoms with Crippen molar-refractivity contribution in [3.63, 3.8) is 0 Å². The van der Waals surface area contributed by atoms with E-state index in [0.29, 0.717) is 5.82 Å². The minimum absolute atomic E-state index is 0.0988. The van der Waals surface area contributed by atoms with E-state index in [1.165, 1.54) is 10.6 Å². The van der Waals surface area contributed by atoms with Crippen LogP contribution < -0.4 is 4.31 Å². The van der Waals surface area contributed by atoms with Crippen LogP contribution in [0.1, 0.15) is 32.0 Å². The number of sulfonamides is 1. The molecule has 1 heterocycles. The fourth-order valence-corrected chi connectivity index (χ4v) is 2.50. The first kappa shape index (κ1) is 14.0. The molecule has 0 bridgehead atoms. The van der Waals surface area contributed by atoms with E-state index in [1.807, 2.05) is 6.92 Å². The molecule has 98 valence electrons. The smallest absolute Gasteiger partial charge is 0.233 e. The maximum atomic E-state index is 11.6. The molecule has 0 amide bonds. The van der Waals surface area contributed by atoms with E-state index in [2.05, 4.69) is 25.9 Å². The van der Waals surface area contributed by atoms with Gasteiger partial charge in [0.05, 0.1) is 11.9 Å². The highest BCUT2D eigenvalue weighted by Gasteiger charge is 2.27. The highest BCUT2D eigenvalue weighted by atomic mass is 32.2. The van der Waals surface area contributed by atoms with Gasteiger partial charge in [-0.2, -0.15) is 5.10 Å². The molecule has 0 aliphatic heterocycles. The summed E-state index contributed by atoms with van der Waals surface area (Å²) in [6.07, 6.45) is 1.19. The molecule has 0 aromatic carbocycles. The van der Waals surface area contributed by atoms with Gasteiger partial charge in [-0.25, -0.2) is 8.42 Å². The van der Waals surface area contributed by atoms with Crippen molar-refractivity contribution in [1.29, 1.82) is 0 Å². The Labute approximate surface area is 103 Å². The van der Waals surface area contributed by atoms with Crippen LogP contribution in [0.4, 0.5) is 5.82 Å². The lowest BCUT2D eigenvalue weighted by Crippen LogP contribution is -2.27. The van der Waals surface area contributed by atoms with Gasteiger partial charge in [0.15, 0.2) is 0 Å². The molecule has 1 rings (SSSR count). The molecule has 0 saturated heterocycles. The summed E-state index contributed by atoms with van der Waals surface area (Å²) >= 11 is 0. The Bertz CT molecular complexity index is 524. The third-order valence-electron chi connectivity index (χ3n) is 2.75. The third-order valence-corrected chi connectivity index (χ3v) is 3.92. The summed E-state index contributed by atoms with van der Waals surface area (Å²) in [5, 5.41) is 4.43. The number of aryl methyl sites for hydroxylation is 1. The molecule has 0 fully saturated rings. The van der Waals surface area contributed by atoms with E-state index in [-0.39, 0.29) is 5.41 Å². The first-order valence-corrected chi connectivity index (χ1v) is 7.29. The Kier molecular flexibility index (Phi) is 3.31. The zero-order valence-corrected chi connectivity index (χ0v) is 12.4. The summed E-state index contributed by atoms with van der Waals surface area (Å²) in [4.78, 5) is 0. The van der Waals surface area contributed by atoms with Crippen molar-refractivity contribution in [3.8, 4) is 0 Å². The summed E-state index contributed by atoms with van der Waals surface area (Å²) < 4.78 is 26.1. The van der Waals surface area contributed by atoms with Crippen molar-refractivity contribution in [2.45, 2.75) is 33.1 Å². The maximum Gasteiger partial charge on any atom is 0.233 e. The largest absolute Gasteiger partial charge is 0.257 e. The summed E-state index contributed by atoms with van der Waals surface area (Å²) in [6.45, 7) is 8.09. The predicted molar refractivity (Wildman–Crippen MR) is 69.9 cm³/mol. The van der Waals surface area contributed by atoms with E-state index >= 15 is 0 Å². The van der Waals surface area contributed by atoms with Crippen LogP contribution in [-0.2, 0) is 22.5 Å². The number of nitrogens with zero attached hydrogens (tertiary/aromatic N) is 3. The number of hydrogen-bond acceptors (Lipinski definition) is 3. The lowest BCUT2D eigenvalue weighted by atomic mass is 9.90. The molecule has 6 heteroatoms. The van der Waals surface area contributed by atoms with E-state index in [9.17, 15) is 8.42 Å². The van der Waals surface area contributed by atoms with E-state index in [1.54, 1.807) is 18.8 Å². The lowest BCUT2D eigenvalue weighted by molar-refractivity contribution is 0.550. The van der Waals surface area contributed by atoms with Gasteiger partial charge in [-0.05, 0) is 6.92 Å². The lowest BCUT2D eigenvalue weighted by Gasteiger charge is -2.19. The van der Waals surface area contributed by atoms with Crippen molar-refractivity contribution in [2.24, 2.45) is 7.05 Å². The van der Waals surface area contributed by atoms with Gasteiger partial charge in [0.2, 0.25) is 10.0 Å². The molecular formula is C11H21N3O2S. The van der Waals surface area contributed by atoms with Crippen molar-refractivity contribution >= 4 is 15.8 Å². The fraction of sp³-hybridized carbons (Fsp3) is 0.727. The van der Waals surface area contributed by atoms with Crippen LogP contribution in [0.15, 0.2) is 0 Å². The molecule has 0 N–H and O–H groups in total. The molecule has 0 unspecified atom stereocenters. The Morgan fingerprint density at radius 1 is 1.29 bits per heavy atom. The van der Waals surface area contributed by atoms with Crippen LogP contribution in [-0.4, -0.2) is 31.5 Å². The van der Waals surface area contributed by atoms with Crippen LogP contribution in [0, 0.1) is 6.92 Å². The van der Waals surface area contributed by atoms with Gasteiger partial charge in [0, 0.05) is 25.1 Å². The molecule has 5 nitrogen and oxygen atoms in total. The summed E-state index contributed by atoms with van der Waals surface area (Å²) in [5.74, 6) is 0.623. The molecule has 0 atom stereocenters. The average Bonchev–Trinajstić information content (AvgIpc) is 2.38. The zero-order chi connectivity index (χ0) is 13.6. The van der Waals surface area contributed by atoms with Crippen molar-refractivity contribution < 1.29 is 8.42 Å². The summed E-state index contributed by atoms with van der Waals surface area (Å²) in [7, 11) is 0.0500. The number of anilines is 1. The molecule has 1 aromatic heterocycles. The normalized spacial score (nSPS) is 12.9.